The van der Waals surface area contributed by atoms with Gasteiger partial charge in [0.15, 0.2) is 5.76 Å². The first kappa shape index (κ1) is 18.3. The van der Waals surface area contributed by atoms with Crippen molar-refractivity contribution in [1.82, 2.24) is 5.32 Å². The second-order valence-electron chi connectivity index (χ2n) is 5.23. The minimum atomic E-state index is -0.387. The highest BCUT2D eigenvalue weighted by Gasteiger charge is 2.12. The summed E-state index contributed by atoms with van der Waals surface area (Å²) in [5.74, 6) is -0.0662. The molecular formula is C18H20N2O5. The third kappa shape index (κ3) is 5.20. The van der Waals surface area contributed by atoms with Crippen LogP contribution in [0.1, 0.15) is 40.0 Å². The van der Waals surface area contributed by atoms with E-state index in [-0.39, 0.29) is 36.5 Å². The molecule has 1 aromatic carbocycles. The number of carbonyl (C=O) groups is 3. The van der Waals surface area contributed by atoms with Gasteiger partial charge >= 0.3 is 5.97 Å². The van der Waals surface area contributed by atoms with Crippen molar-refractivity contribution < 1.29 is 23.5 Å². The normalized spacial score (nSPS) is 10.2. The molecule has 2 amide bonds. The van der Waals surface area contributed by atoms with Gasteiger partial charge in [-0.05, 0) is 36.4 Å². The zero-order valence-electron chi connectivity index (χ0n) is 14.1. The van der Waals surface area contributed by atoms with Gasteiger partial charge in [-0.25, -0.2) is 0 Å². The molecule has 0 bridgehead atoms. The van der Waals surface area contributed by atoms with E-state index in [0.29, 0.717) is 17.7 Å². The van der Waals surface area contributed by atoms with E-state index in [1.165, 1.54) is 7.11 Å². The summed E-state index contributed by atoms with van der Waals surface area (Å²) in [6.07, 6.45) is 0.826. The molecule has 25 heavy (non-hydrogen) atoms. The van der Waals surface area contributed by atoms with Crippen molar-refractivity contribution in [2.45, 2.75) is 19.8 Å². The summed E-state index contributed by atoms with van der Waals surface area (Å²) in [7, 11) is 1.29. The van der Waals surface area contributed by atoms with Crippen molar-refractivity contribution >= 4 is 23.5 Å². The first-order valence-electron chi connectivity index (χ1n) is 7.88. The molecule has 7 heteroatoms. The lowest BCUT2D eigenvalue weighted by molar-refractivity contribution is -0.140. The highest BCUT2D eigenvalue weighted by atomic mass is 16.5. The standard InChI is InChI=1S/C18H20N2O5/c1-3-14-8-9-15(25-14)18(23)20-13-6-4-12(5-7-13)17(22)19-11-10-16(21)24-2/h4-9H,3,10-11H2,1-2H3,(H,19,22)(H,20,23). The molecule has 0 unspecified atom stereocenters. The number of rotatable bonds is 7. The van der Waals surface area contributed by atoms with E-state index in [1.807, 2.05) is 6.92 Å². The number of anilines is 1. The number of hydrogen-bond donors (Lipinski definition) is 2. The van der Waals surface area contributed by atoms with E-state index in [2.05, 4.69) is 15.4 Å². The number of aryl methyl sites for hydroxylation is 1. The van der Waals surface area contributed by atoms with Crippen molar-refractivity contribution in [2.24, 2.45) is 0 Å². The minimum Gasteiger partial charge on any atom is -0.469 e. The number of amides is 2. The second-order valence-corrected chi connectivity index (χ2v) is 5.23. The summed E-state index contributed by atoms with van der Waals surface area (Å²) >= 11 is 0. The Hall–Kier alpha value is -3.09. The quantitative estimate of drug-likeness (QED) is 0.752. The van der Waals surface area contributed by atoms with Gasteiger partial charge in [-0.1, -0.05) is 6.92 Å². The predicted molar refractivity (Wildman–Crippen MR) is 91.4 cm³/mol. The first-order chi connectivity index (χ1) is 12.0. The van der Waals surface area contributed by atoms with Crippen LogP contribution in [0.5, 0.6) is 0 Å². The van der Waals surface area contributed by atoms with E-state index in [9.17, 15) is 14.4 Å². The molecule has 0 fully saturated rings. The van der Waals surface area contributed by atoms with Crippen molar-refractivity contribution in [3.63, 3.8) is 0 Å². The molecule has 1 heterocycles. The molecular weight excluding hydrogens is 324 g/mol. The summed E-state index contributed by atoms with van der Waals surface area (Å²) in [5.41, 5.74) is 0.972. The zero-order valence-corrected chi connectivity index (χ0v) is 14.1. The Labute approximate surface area is 145 Å². The number of methoxy groups -OCH3 is 1. The van der Waals surface area contributed by atoms with Crippen LogP contribution in [0.15, 0.2) is 40.8 Å². The van der Waals surface area contributed by atoms with Gasteiger partial charge in [0, 0.05) is 24.2 Å². The van der Waals surface area contributed by atoms with Crippen LogP contribution in [0, 0.1) is 0 Å². The zero-order chi connectivity index (χ0) is 18.2. The van der Waals surface area contributed by atoms with Crippen LogP contribution in [0.25, 0.3) is 0 Å². The number of ether oxygens (including phenoxy) is 1. The monoisotopic (exact) mass is 344 g/mol. The van der Waals surface area contributed by atoms with Crippen molar-refractivity contribution in [2.75, 3.05) is 19.0 Å². The maximum Gasteiger partial charge on any atom is 0.307 e. The van der Waals surface area contributed by atoms with Gasteiger partial charge in [-0.15, -0.1) is 0 Å². The highest BCUT2D eigenvalue weighted by Crippen LogP contribution is 2.13. The van der Waals surface area contributed by atoms with Gasteiger partial charge in [0.1, 0.15) is 5.76 Å². The molecule has 0 spiro atoms. The van der Waals surface area contributed by atoms with E-state index in [4.69, 9.17) is 4.42 Å². The van der Waals surface area contributed by atoms with Crippen LogP contribution in [0.4, 0.5) is 5.69 Å². The van der Waals surface area contributed by atoms with Gasteiger partial charge in [0.05, 0.1) is 13.5 Å². The van der Waals surface area contributed by atoms with E-state index < -0.39 is 0 Å². The fraction of sp³-hybridized carbons (Fsp3) is 0.278. The Balaban J connectivity index is 1.89. The summed E-state index contributed by atoms with van der Waals surface area (Å²) in [4.78, 5) is 35.0. The molecule has 2 N–H and O–H groups in total. The van der Waals surface area contributed by atoms with Crippen LogP contribution in [-0.2, 0) is 16.0 Å². The van der Waals surface area contributed by atoms with Crippen LogP contribution in [-0.4, -0.2) is 31.4 Å². The first-order valence-corrected chi connectivity index (χ1v) is 7.88. The lowest BCUT2D eigenvalue weighted by Gasteiger charge is -2.06. The topological polar surface area (TPSA) is 97.6 Å². The lowest BCUT2D eigenvalue weighted by Crippen LogP contribution is -2.26. The SMILES string of the molecule is CCc1ccc(C(=O)Nc2ccc(C(=O)NCCC(=O)OC)cc2)o1. The summed E-state index contributed by atoms with van der Waals surface area (Å²) in [6.45, 7) is 2.14. The Morgan fingerprint density at radius 2 is 1.76 bits per heavy atom. The molecule has 2 rings (SSSR count). The number of hydrogen-bond acceptors (Lipinski definition) is 5. The maximum absolute atomic E-state index is 12.1. The fourth-order valence-electron chi connectivity index (χ4n) is 2.07. The van der Waals surface area contributed by atoms with Crippen LogP contribution in [0.3, 0.4) is 0 Å². The number of furan rings is 1. The highest BCUT2D eigenvalue weighted by molar-refractivity contribution is 6.02. The summed E-state index contributed by atoms with van der Waals surface area (Å²) < 4.78 is 9.89. The average molecular weight is 344 g/mol. The molecule has 0 saturated heterocycles. The molecule has 0 atom stereocenters. The number of nitrogens with one attached hydrogen (secondary N) is 2. The maximum atomic E-state index is 12.1. The Bertz CT molecular complexity index is 749. The Morgan fingerprint density at radius 3 is 2.36 bits per heavy atom. The molecule has 0 aliphatic carbocycles. The Kier molecular flexibility index (Phi) is 6.33. The van der Waals surface area contributed by atoms with Gasteiger partial charge in [0.2, 0.25) is 0 Å². The molecule has 7 nitrogen and oxygen atoms in total. The molecule has 0 saturated carbocycles. The predicted octanol–water partition coefficient (Wildman–Crippen LogP) is 2.39. The molecule has 0 aliphatic heterocycles. The van der Waals surface area contributed by atoms with Crippen LogP contribution < -0.4 is 10.6 Å². The van der Waals surface area contributed by atoms with Gasteiger partial charge in [-0.2, -0.15) is 0 Å². The summed E-state index contributed by atoms with van der Waals surface area (Å²) in [5, 5.41) is 5.32. The van der Waals surface area contributed by atoms with Crippen LogP contribution in [0.2, 0.25) is 0 Å². The fourth-order valence-corrected chi connectivity index (χ4v) is 2.07. The number of benzene rings is 1. The third-order valence-corrected chi connectivity index (χ3v) is 3.48. The van der Waals surface area contributed by atoms with E-state index in [1.54, 1.807) is 36.4 Å². The largest absolute Gasteiger partial charge is 0.469 e. The molecule has 0 aliphatic rings. The van der Waals surface area contributed by atoms with Crippen molar-refractivity contribution in [1.29, 1.82) is 0 Å². The molecule has 132 valence electrons. The third-order valence-electron chi connectivity index (χ3n) is 3.48. The molecule has 0 radical (unpaired) electrons. The minimum absolute atomic E-state index is 0.110. The van der Waals surface area contributed by atoms with Gasteiger partial charge in [-0.3, -0.25) is 14.4 Å². The van der Waals surface area contributed by atoms with Gasteiger partial charge in [0.25, 0.3) is 11.8 Å². The Morgan fingerprint density at radius 1 is 1.04 bits per heavy atom. The lowest BCUT2D eigenvalue weighted by atomic mass is 10.2. The molecule has 2 aromatic rings. The second kappa shape index (κ2) is 8.68. The van der Waals surface area contributed by atoms with E-state index >= 15 is 0 Å². The van der Waals surface area contributed by atoms with Crippen LogP contribution >= 0.6 is 0 Å². The van der Waals surface area contributed by atoms with E-state index in [0.717, 1.165) is 5.76 Å². The number of esters is 1. The summed E-state index contributed by atoms with van der Waals surface area (Å²) in [6, 6.07) is 9.80. The van der Waals surface area contributed by atoms with Crippen molar-refractivity contribution in [3.8, 4) is 0 Å². The smallest absolute Gasteiger partial charge is 0.307 e. The van der Waals surface area contributed by atoms with Gasteiger partial charge < -0.3 is 19.8 Å². The van der Waals surface area contributed by atoms with Crippen molar-refractivity contribution in [3.05, 3.63) is 53.5 Å². The number of carbonyl (C=O) groups excluding carboxylic acids is 3. The molecule has 1 aromatic heterocycles. The average Bonchev–Trinajstić information content (AvgIpc) is 3.11.